The fraction of sp³-hybridized carbons (Fsp3) is 0.615. The van der Waals surface area contributed by atoms with Crippen molar-refractivity contribution in [3.05, 3.63) is 23.4 Å². The molecule has 1 aliphatic rings. The molecule has 0 aliphatic carbocycles. The van der Waals surface area contributed by atoms with Crippen LogP contribution in [-0.2, 0) is 11.3 Å². The van der Waals surface area contributed by atoms with Gasteiger partial charge in [-0.25, -0.2) is 4.98 Å². The van der Waals surface area contributed by atoms with Crippen LogP contribution in [-0.4, -0.2) is 35.4 Å². The van der Waals surface area contributed by atoms with Crippen LogP contribution >= 0.6 is 0 Å². The lowest BCUT2D eigenvalue weighted by Crippen LogP contribution is -2.45. The number of rotatable bonds is 2. The van der Waals surface area contributed by atoms with Crippen molar-refractivity contribution in [1.82, 2.24) is 4.98 Å². The van der Waals surface area contributed by atoms with Gasteiger partial charge in [-0.1, -0.05) is 0 Å². The standard InChI is InChI=1S/C13H20N2O2/c1-9-4-12(8-16)5-13(14-9)15-6-10(2)17-11(3)7-15/h4-5,10-11,16H,6-8H2,1-3H3/t10-,11+. The second kappa shape index (κ2) is 5.02. The molecule has 1 saturated heterocycles. The first kappa shape index (κ1) is 12.3. The Bertz CT molecular complexity index is 385. The van der Waals surface area contributed by atoms with Gasteiger partial charge in [0.05, 0.1) is 18.8 Å². The van der Waals surface area contributed by atoms with Crippen LogP contribution in [0.1, 0.15) is 25.1 Å². The zero-order valence-corrected chi connectivity index (χ0v) is 10.7. The van der Waals surface area contributed by atoms with Gasteiger partial charge in [0.2, 0.25) is 0 Å². The van der Waals surface area contributed by atoms with Gasteiger partial charge in [0.25, 0.3) is 0 Å². The highest BCUT2D eigenvalue weighted by molar-refractivity contribution is 5.43. The Morgan fingerprint density at radius 3 is 2.59 bits per heavy atom. The fourth-order valence-corrected chi connectivity index (χ4v) is 2.34. The SMILES string of the molecule is Cc1cc(CO)cc(N2C[C@@H](C)O[C@@H](C)C2)n1. The summed E-state index contributed by atoms with van der Waals surface area (Å²) in [6.07, 6.45) is 0.442. The maximum Gasteiger partial charge on any atom is 0.129 e. The largest absolute Gasteiger partial charge is 0.392 e. The van der Waals surface area contributed by atoms with Crippen molar-refractivity contribution in [2.45, 2.75) is 39.6 Å². The van der Waals surface area contributed by atoms with Gasteiger partial charge in [-0.2, -0.15) is 0 Å². The Labute approximate surface area is 102 Å². The summed E-state index contributed by atoms with van der Waals surface area (Å²) in [5.41, 5.74) is 1.86. The van der Waals surface area contributed by atoms with Crippen LogP contribution in [0, 0.1) is 6.92 Å². The predicted octanol–water partition coefficient (Wildman–Crippen LogP) is 1.50. The van der Waals surface area contributed by atoms with Crippen LogP contribution in [0.4, 0.5) is 5.82 Å². The minimum Gasteiger partial charge on any atom is -0.392 e. The number of aryl methyl sites for hydroxylation is 1. The number of morpholine rings is 1. The fourth-order valence-electron chi connectivity index (χ4n) is 2.34. The zero-order chi connectivity index (χ0) is 12.4. The van der Waals surface area contributed by atoms with Crippen molar-refractivity contribution in [2.75, 3.05) is 18.0 Å². The lowest BCUT2D eigenvalue weighted by molar-refractivity contribution is -0.00547. The predicted molar refractivity (Wildman–Crippen MR) is 67.1 cm³/mol. The van der Waals surface area contributed by atoms with E-state index < -0.39 is 0 Å². The Kier molecular flexibility index (Phi) is 3.64. The molecule has 4 heteroatoms. The number of nitrogens with zero attached hydrogens (tertiary/aromatic N) is 2. The number of hydrogen-bond acceptors (Lipinski definition) is 4. The number of anilines is 1. The third-order valence-corrected chi connectivity index (χ3v) is 2.93. The molecule has 1 aromatic rings. The number of aliphatic hydroxyl groups excluding tert-OH is 1. The zero-order valence-electron chi connectivity index (χ0n) is 10.7. The number of aliphatic hydroxyl groups is 1. The average Bonchev–Trinajstić information content (AvgIpc) is 2.26. The van der Waals surface area contributed by atoms with E-state index in [2.05, 4.69) is 23.7 Å². The normalized spacial score (nSPS) is 25.1. The van der Waals surface area contributed by atoms with E-state index in [4.69, 9.17) is 4.74 Å². The smallest absolute Gasteiger partial charge is 0.129 e. The second-order valence-electron chi connectivity index (χ2n) is 4.80. The van der Waals surface area contributed by atoms with E-state index in [1.807, 2.05) is 19.1 Å². The molecule has 0 amide bonds. The summed E-state index contributed by atoms with van der Waals surface area (Å²) in [6.45, 7) is 7.87. The molecule has 2 rings (SSSR count). The third-order valence-electron chi connectivity index (χ3n) is 2.93. The first-order valence-electron chi connectivity index (χ1n) is 6.07. The van der Waals surface area contributed by atoms with Gasteiger partial charge < -0.3 is 14.7 Å². The molecule has 0 unspecified atom stereocenters. The molecule has 4 nitrogen and oxygen atoms in total. The van der Waals surface area contributed by atoms with E-state index in [-0.39, 0.29) is 18.8 Å². The summed E-state index contributed by atoms with van der Waals surface area (Å²) in [7, 11) is 0. The van der Waals surface area contributed by atoms with Crippen LogP contribution in [0.25, 0.3) is 0 Å². The molecule has 0 saturated carbocycles. The van der Waals surface area contributed by atoms with Gasteiger partial charge in [-0.3, -0.25) is 0 Å². The first-order valence-corrected chi connectivity index (χ1v) is 6.07. The molecule has 1 aromatic heterocycles. The lowest BCUT2D eigenvalue weighted by Gasteiger charge is -2.36. The summed E-state index contributed by atoms with van der Waals surface area (Å²) in [5.74, 6) is 0.941. The van der Waals surface area contributed by atoms with Crippen molar-refractivity contribution in [3.63, 3.8) is 0 Å². The van der Waals surface area contributed by atoms with E-state index in [0.717, 1.165) is 30.2 Å². The Hall–Kier alpha value is -1.13. The van der Waals surface area contributed by atoms with E-state index in [1.54, 1.807) is 0 Å². The second-order valence-corrected chi connectivity index (χ2v) is 4.80. The third kappa shape index (κ3) is 2.96. The molecule has 1 fully saturated rings. The Morgan fingerprint density at radius 2 is 2.00 bits per heavy atom. The molecule has 2 heterocycles. The number of aromatic nitrogens is 1. The minimum atomic E-state index is 0.0613. The molecule has 0 spiro atoms. The monoisotopic (exact) mass is 236 g/mol. The molecule has 0 bridgehead atoms. The first-order chi connectivity index (χ1) is 8.08. The topological polar surface area (TPSA) is 45.6 Å². The highest BCUT2D eigenvalue weighted by Crippen LogP contribution is 2.20. The quantitative estimate of drug-likeness (QED) is 0.845. The molecular weight excluding hydrogens is 216 g/mol. The number of ether oxygens (including phenoxy) is 1. The highest BCUT2D eigenvalue weighted by atomic mass is 16.5. The summed E-state index contributed by atoms with van der Waals surface area (Å²) < 4.78 is 5.71. The molecule has 2 atom stereocenters. The van der Waals surface area contributed by atoms with Crippen molar-refractivity contribution in [1.29, 1.82) is 0 Å². The summed E-state index contributed by atoms with van der Waals surface area (Å²) in [4.78, 5) is 6.76. The number of pyridine rings is 1. The summed E-state index contributed by atoms with van der Waals surface area (Å²) in [6, 6.07) is 3.87. The minimum absolute atomic E-state index is 0.0613. The number of hydrogen-bond donors (Lipinski definition) is 1. The maximum absolute atomic E-state index is 9.22. The van der Waals surface area contributed by atoms with E-state index >= 15 is 0 Å². The highest BCUT2D eigenvalue weighted by Gasteiger charge is 2.23. The van der Waals surface area contributed by atoms with Gasteiger partial charge in [0, 0.05) is 18.8 Å². The van der Waals surface area contributed by atoms with E-state index in [0.29, 0.717) is 0 Å². The van der Waals surface area contributed by atoms with Crippen molar-refractivity contribution in [3.8, 4) is 0 Å². The molecule has 94 valence electrons. The Balaban J connectivity index is 2.23. The molecule has 1 aliphatic heterocycles. The van der Waals surface area contributed by atoms with Crippen LogP contribution in [0.2, 0.25) is 0 Å². The van der Waals surface area contributed by atoms with Gasteiger partial charge in [-0.05, 0) is 38.5 Å². The van der Waals surface area contributed by atoms with Crippen molar-refractivity contribution >= 4 is 5.82 Å². The van der Waals surface area contributed by atoms with Crippen molar-refractivity contribution in [2.24, 2.45) is 0 Å². The van der Waals surface area contributed by atoms with Gasteiger partial charge in [0.1, 0.15) is 5.82 Å². The Morgan fingerprint density at radius 1 is 1.35 bits per heavy atom. The van der Waals surface area contributed by atoms with Gasteiger partial charge in [0.15, 0.2) is 0 Å². The van der Waals surface area contributed by atoms with Crippen LogP contribution in [0.3, 0.4) is 0 Å². The lowest BCUT2D eigenvalue weighted by atomic mass is 10.2. The molecular formula is C13H20N2O2. The summed E-state index contributed by atoms with van der Waals surface area (Å²) in [5, 5.41) is 9.22. The van der Waals surface area contributed by atoms with Crippen LogP contribution in [0.5, 0.6) is 0 Å². The molecule has 17 heavy (non-hydrogen) atoms. The average molecular weight is 236 g/mol. The maximum atomic E-state index is 9.22. The van der Waals surface area contributed by atoms with E-state index in [9.17, 15) is 5.11 Å². The van der Waals surface area contributed by atoms with Crippen LogP contribution in [0.15, 0.2) is 12.1 Å². The molecule has 0 aromatic carbocycles. The van der Waals surface area contributed by atoms with E-state index in [1.165, 1.54) is 0 Å². The molecule has 1 N–H and O–H groups in total. The molecule has 0 radical (unpaired) electrons. The summed E-state index contributed by atoms with van der Waals surface area (Å²) >= 11 is 0. The van der Waals surface area contributed by atoms with Gasteiger partial charge >= 0.3 is 0 Å². The van der Waals surface area contributed by atoms with Crippen molar-refractivity contribution < 1.29 is 9.84 Å². The van der Waals surface area contributed by atoms with Gasteiger partial charge in [-0.15, -0.1) is 0 Å². The van der Waals surface area contributed by atoms with Crippen LogP contribution < -0.4 is 4.90 Å².